The molecular formula is C13H17N. The van der Waals surface area contributed by atoms with Crippen LogP contribution in [0.4, 0.5) is 0 Å². The van der Waals surface area contributed by atoms with E-state index in [0.717, 1.165) is 5.92 Å². The molecule has 14 heavy (non-hydrogen) atoms. The third-order valence-corrected chi connectivity index (χ3v) is 4.59. The Bertz CT molecular complexity index is 354. The summed E-state index contributed by atoms with van der Waals surface area (Å²) in [5, 5.41) is 8.63. The second-order valence-electron chi connectivity index (χ2n) is 5.18. The SMILES string of the molecule is CC1=CCC2CC1(C=CC#N)C2(C)C. The standard InChI is InChI=1S/C13H17N/c1-10-5-6-11-9-13(10,7-4-8-14)12(11,2)3/h4-5,7,11H,6,9H2,1-3H3. The van der Waals surface area contributed by atoms with Crippen molar-refractivity contribution >= 4 is 0 Å². The maximum absolute atomic E-state index is 8.63. The molecule has 1 nitrogen and oxygen atoms in total. The molecule has 0 aromatic carbocycles. The van der Waals surface area contributed by atoms with E-state index in [2.05, 4.69) is 39.0 Å². The van der Waals surface area contributed by atoms with E-state index in [9.17, 15) is 0 Å². The van der Waals surface area contributed by atoms with Crippen molar-refractivity contribution in [2.24, 2.45) is 16.7 Å². The smallest absolute Gasteiger partial charge is 0.0909 e. The van der Waals surface area contributed by atoms with Crippen molar-refractivity contribution in [2.75, 3.05) is 0 Å². The minimum absolute atomic E-state index is 0.186. The lowest BCUT2D eigenvalue weighted by Crippen LogP contribution is -2.56. The van der Waals surface area contributed by atoms with Crippen molar-refractivity contribution in [3.63, 3.8) is 0 Å². The van der Waals surface area contributed by atoms with Crippen molar-refractivity contribution in [2.45, 2.75) is 33.6 Å². The Morgan fingerprint density at radius 1 is 1.57 bits per heavy atom. The van der Waals surface area contributed by atoms with Crippen LogP contribution in [0.5, 0.6) is 0 Å². The number of hydrogen-bond donors (Lipinski definition) is 0. The largest absolute Gasteiger partial charge is 0.193 e. The van der Waals surface area contributed by atoms with Crippen LogP contribution in [-0.2, 0) is 0 Å². The van der Waals surface area contributed by atoms with Gasteiger partial charge in [-0.2, -0.15) is 5.26 Å². The topological polar surface area (TPSA) is 23.8 Å². The van der Waals surface area contributed by atoms with E-state index in [0.29, 0.717) is 5.41 Å². The van der Waals surface area contributed by atoms with Gasteiger partial charge in [-0.05, 0) is 31.1 Å². The summed E-state index contributed by atoms with van der Waals surface area (Å²) in [7, 11) is 0. The van der Waals surface area contributed by atoms with Crippen LogP contribution in [0.1, 0.15) is 33.6 Å². The van der Waals surface area contributed by atoms with Gasteiger partial charge in [-0.3, -0.25) is 0 Å². The van der Waals surface area contributed by atoms with Gasteiger partial charge in [0.15, 0.2) is 0 Å². The molecule has 74 valence electrons. The van der Waals surface area contributed by atoms with E-state index >= 15 is 0 Å². The first-order valence-corrected chi connectivity index (χ1v) is 5.29. The Balaban J connectivity index is 2.42. The fourth-order valence-corrected chi connectivity index (χ4v) is 3.28. The second-order valence-corrected chi connectivity index (χ2v) is 5.18. The minimum Gasteiger partial charge on any atom is -0.193 e. The highest BCUT2D eigenvalue weighted by molar-refractivity contribution is 5.36. The van der Waals surface area contributed by atoms with E-state index in [1.165, 1.54) is 18.4 Å². The average Bonchev–Trinajstić information content (AvgIpc) is 2.15. The molecule has 2 unspecified atom stereocenters. The highest BCUT2D eigenvalue weighted by Gasteiger charge is 2.60. The first-order chi connectivity index (χ1) is 6.54. The second kappa shape index (κ2) is 2.73. The van der Waals surface area contributed by atoms with E-state index in [1.54, 1.807) is 6.08 Å². The van der Waals surface area contributed by atoms with Gasteiger partial charge >= 0.3 is 0 Å². The fraction of sp³-hybridized carbons (Fsp3) is 0.615. The van der Waals surface area contributed by atoms with Crippen LogP contribution in [0.3, 0.4) is 0 Å². The summed E-state index contributed by atoms with van der Waals surface area (Å²) in [5.41, 5.74) is 1.99. The van der Waals surface area contributed by atoms with Crippen molar-refractivity contribution < 1.29 is 0 Å². The first kappa shape index (κ1) is 9.52. The van der Waals surface area contributed by atoms with Crippen molar-refractivity contribution in [1.29, 1.82) is 5.26 Å². The molecule has 0 amide bonds. The third-order valence-electron chi connectivity index (χ3n) is 4.59. The molecule has 1 saturated carbocycles. The molecule has 0 saturated heterocycles. The molecule has 1 fully saturated rings. The number of hydrogen-bond acceptors (Lipinski definition) is 1. The maximum atomic E-state index is 8.63. The quantitative estimate of drug-likeness (QED) is 0.455. The zero-order valence-electron chi connectivity index (χ0n) is 9.17. The zero-order chi connectivity index (χ0) is 10.4. The molecule has 2 bridgehead atoms. The van der Waals surface area contributed by atoms with E-state index < -0.39 is 0 Å². The summed E-state index contributed by atoms with van der Waals surface area (Å²) in [6, 6.07) is 2.12. The van der Waals surface area contributed by atoms with Crippen molar-refractivity contribution in [3.05, 3.63) is 23.8 Å². The lowest BCUT2D eigenvalue weighted by molar-refractivity contribution is -0.0664. The van der Waals surface area contributed by atoms with E-state index in [-0.39, 0.29) is 5.41 Å². The predicted molar refractivity (Wildman–Crippen MR) is 57.4 cm³/mol. The first-order valence-electron chi connectivity index (χ1n) is 5.29. The van der Waals surface area contributed by atoms with Crippen molar-refractivity contribution in [3.8, 4) is 6.07 Å². The van der Waals surface area contributed by atoms with Crippen LogP contribution in [0.25, 0.3) is 0 Å². The molecule has 0 N–H and O–H groups in total. The summed E-state index contributed by atoms with van der Waals surface area (Å²) in [6.07, 6.45) is 8.58. The van der Waals surface area contributed by atoms with Gasteiger partial charge in [0.25, 0.3) is 0 Å². The Morgan fingerprint density at radius 2 is 2.29 bits per heavy atom. The van der Waals surface area contributed by atoms with Gasteiger partial charge in [0.1, 0.15) is 0 Å². The van der Waals surface area contributed by atoms with E-state index in [1.807, 2.05) is 0 Å². The lowest BCUT2D eigenvalue weighted by Gasteiger charge is -2.64. The Morgan fingerprint density at radius 3 is 2.79 bits per heavy atom. The van der Waals surface area contributed by atoms with Crippen LogP contribution in [0.15, 0.2) is 23.8 Å². The highest BCUT2D eigenvalue weighted by atomic mass is 14.6. The van der Waals surface area contributed by atoms with Crippen LogP contribution in [0, 0.1) is 28.1 Å². The van der Waals surface area contributed by atoms with Gasteiger partial charge < -0.3 is 0 Å². The molecule has 0 spiro atoms. The monoisotopic (exact) mass is 187 g/mol. The summed E-state index contributed by atoms with van der Waals surface area (Å²) < 4.78 is 0. The molecule has 0 aliphatic heterocycles. The Hall–Kier alpha value is -1.03. The third kappa shape index (κ3) is 0.892. The molecule has 0 aromatic rings. The number of nitriles is 1. The molecule has 1 heteroatoms. The molecule has 0 aromatic heterocycles. The van der Waals surface area contributed by atoms with Gasteiger partial charge in [0.2, 0.25) is 0 Å². The van der Waals surface area contributed by atoms with Crippen LogP contribution in [0.2, 0.25) is 0 Å². The summed E-state index contributed by atoms with van der Waals surface area (Å²) in [5.74, 6) is 0.814. The predicted octanol–water partition coefficient (Wildman–Crippen LogP) is 3.45. The van der Waals surface area contributed by atoms with Gasteiger partial charge in [-0.15, -0.1) is 0 Å². The van der Waals surface area contributed by atoms with Gasteiger partial charge in [0.05, 0.1) is 6.07 Å². The van der Waals surface area contributed by atoms with E-state index in [4.69, 9.17) is 5.26 Å². The molecule has 2 atom stereocenters. The van der Waals surface area contributed by atoms with Crippen LogP contribution < -0.4 is 0 Å². The minimum atomic E-state index is 0.186. The summed E-state index contributed by atoms with van der Waals surface area (Å²) in [4.78, 5) is 0. The van der Waals surface area contributed by atoms with Crippen LogP contribution >= 0.6 is 0 Å². The molecule has 3 aliphatic carbocycles. The average molecular weight is 187 g/mol. The number of allylic oxidation sites excluding steroid dienone is 4. The van der Waals surface area contributed by atoms with Gasteiger partial charge in [0, 0.05) is 11.5 Å². The Labute approximate surface area is 86.1 Å². The Kier molecular flexibility index (Phi) is 1.86. The fourth-order valence-electron chi connectivity index (χ4n) is 3.28. The number of fused-ring (bicyclic) bond motifs is 1. The van der Waals surface area contributed by atoms with Gasteiger partial charge in [-0.25, -0.2) is 0 Å². The maximum Gasteiger partial charge on any atom is 0.0909 e. The highest BCUT2D eigenvalue weighted by Crippen LogP contribution is 2.68. The van der Waals surface area contributed by atoms with Gasteiger partial charge in [-0.1, -0.05) is 31.6 Å². The lowest BCUT2D eigenvalue weighted by atomic mass is 9.40. The van der Waals surface area contributed by atoms with Crippen molar-refractivity contribution in [1.82, 2.24) is 0 Å². The normalized spacial score (nSPS) is 38.7. The summed E-state index contributed by atoms with van der Waals surface area (Å²) >= 11 is 0. The molecule has 0 heterocycles. The molecule has 3 aliphatic rings. The number of nitrogens with zero attached hydrogens (tertiary/aromatic N) is 1. The summed E-state index contributed by atoms with van der Waals surface area (Å²) in [6.45, 7) is 6.87. The number of rotatable bonds is 1. The zero-order valence-corrected chi connectivity index (χ0v) is 9.17. The van der Waals surface area contributed by atoms with Crippen LogP contribution in [-0.4, -0.2) is 0 Å². The molecule has 0 radical (unpaired) electrons. The molecular weight excluding hydrogens is 170 g/mol. The molecule has 3 rings (SSSR count).